The fourth-order valence-corrected chi connectivity index (χ4v) is 7.15. The molecule has 1 aliphatic carbocycles. The van der Waals surface area contributed by atoms with Crippen LogP contribution < -0.4 is 4.74 Å². The Balaban J connectivity index is 1.40. The van der Waals surface area contributed by atoms with Gasteiger partial charge in [-0.2, -0.15) is 4.31 Å². The van der Waals surface area contributed by atoms with Gasteiger partial charge < -0.3 is 19.3 Å². The monoisotopic (exact) mass is 523 g/mol. The first-order chi connectivity index (χ1) is 17.1. The van der Waals surface area contributed by atoms with Gasteiger partial charge in [-0.25, -0.2) is 8.42 Å². The quantitative estimate of drug-likeness (QED) is 0.414. The van der Waals surface area contributed by atoms with Gasteiger partial charge in [-0.3, -0.25) is 4.79 Å². The minimum Gasteiger partial charge on any atom is -0.497 e. The predicted octanol–water partition coefficient (Wildman–Crippen LogP) is 3.45. The Morgan fingerprint density at radius 1 is 1.03 bits per heavy atom. The van der Waals surface area contributed by atoms with Crippen LogP contribution in [0.15, 0.2) is 17.0 Å². The first kappa shape index (κ1) is 28.9. The van der Waals surface area contributed by atoms with E-state index in [9.17, 15) is 13.2 Å². The summed E-state index contributed by atoms with van der Waals surface area (Å²) in [5, 5.41) is 0. The van der Waals surface area contributed by atoms with Gasteiger partial charge in [-0.05, 0) is 94.6 Å². The van der Waals surface area contributed by atoms with Gasteiger partial charge in [0, 0.05) is 33.2 Å². The van der Waals surface area contributed by atoms with Crippen LogP contribution in [0.1, 0.15) is 56.1 Å². The van der Waals surface area contributed by atoms with E-state index in [0.29, 0.717) is 16.9 Å². The number of hydrogen-bond acceptors (Lipinski definition) is 6. The molecule has 1 amide bonds. The second-order valence-corrected chi connectivity index (χ2v) is 12.5. The molecule has 1 heterocycles. The normalized spacial score (nSPS) is 21.5. The molecule has 0 bridgehead atoms. The van der Waals surface area contributed by atoms with Crippen molar-refractivity contribution in [2.24, 2.45) is 5.92 Å². The van der Waals surface area contributed by atoms with Crippen molar-refractivity contribution in [2.75, 3.05) is 60.6 Å². The highest BCUT2D eigenvalue weighted by atomic mass is 32.2. The summed E-state index contributed by atoms with van der Waals surface area (Å²) < 4.78 is 38.4. The van der Waals surface area contributed by atoms with Crippen molar-refractivity contribution in [2.45, 2.75) is 69.7 Å². The van der Waals surface area contributed by atoms with E-state index in [-0.39, 0.29) is 36.6 Å². The highest BCUT2D eigenvalue weighted by Crippen LogP contribution is 2.29. The number of benzene rings is 1. The van der Waals surface area contributed by atoms with Crippen molar-refractivity contribution in [3.63, 3.8) is 0 Å². The van der Waals surface area contributed by atoms with Gasteiger partial charge in [0.25, 0.3) is 0 Å². The summed E-state index contributed by atoms with van der Waals surface area (Å²) in [5.74, 6) is 1.34. The summed E-state index contributed by atoms with van der Waals surface area (Å²) in [4.78, 5) is 17.4. The zero-order valence-electron chi connectivity index (χ0n) is 22.8. The lowest BCUT2D eigenvalue weighted by atomic mass is 9.85. The smallest absolute Gasteiger partial charge is 0.248 e. The molecular formula is C27H45N3O5S. The van der Waals surface area contributed by atoms with Crippen molar-refractivity contribution >= 4 is 15.9 Å². The van der Waals surface area contributed by atoms with Crippen molar-refractivity contribution in [1.29, 1.82) is 0 Å². The Labute approximate surface area is 218 Å². The van der Waals surface area contributed by atoms with E-state index in [0.717, 1.165) is 18.8 Å². The highest BCUT2D eigenvalue weighted by molar-refractivity contribution is 7.89. The number of nitrogens with zero attached hydrogens (tertiary/aromatic N) is 3. The molecule has 0 unspecified atom stereocenters. The van der Waals surface area contributed by atoms with Crippen LogP contribution in [0.5, 0.6) is 5.75 Å². The molecule has 1 aromatic carbocycles. The lowest BCUT2D eigenvalue weighted by molar-refractivity contribution is -0.137. The molecule has 36 heavy (non-hydrogen) atoms. The van der Waals surface area contributed by atoms with Crippen molar-refractivity contribution in [1.82, 2.24) is 14.1 Å². The van der Waals surface area contributed by atoms with Gasteiger partial charge in [0.2, 0.25) is 15.9 Å². The maximum atomic E-state index is 13.1. The number of carbonyl (C=O) groups excluding carboxylic acids is 1. The molecule has 204 valence electrons. The Morgan fingerprint density at radius 3 is 2.22 bits per heavy atom. The third kappa shape index (κ3) is 7.43. The molecule has 9 heteroatoms. The summed E-state index contributed by atoms with van der Waals surface area (Å²) in [5.41, 5.74) is 1.28. The number of carbonyl (C=O) groups is 1. The van der Waals surface area contributed by atoms with E-state index >= 15 is 0 Å². The molecule has 1 aliphatic heterocycles. The number of likely N-dealkylation sites (N-methyl/N-ethyl adjacent to an activating group) is 2. The van der Waals surface area contributed by atoms with Crippen LogP contribution in [0.25, 0.3) is 0 Å². The molecule has 1 saturated carbocycles. The second kappa shape index (κ2) is 13.2. The minimum atomic E-state index is -3.68. The number of rotatable bonds is 11. The minimum absolute atomic E-state index is 0.0291. The molecule has 0 aromatic heterocycles. The van der Waals surface area contributed by atoms with Crippen LogP contribution >= 0.6 is 0 Å². The molecule has 8 nitrogen and oxygen atoms in total. The molecule has 2 fully saturated rings. The van der Waals surface area contributed by atoms with Crippen LogP contribution in [-0.2, 0) is 19.6 Å². The van der Waals surface area contributed by atoms with Crippen LogP contribution in [0.4, 0.5) is 0 Å². The van der Waals surface area contributed by atoms with Crippen molar-refractivity contribution in [3.8, 4) is 5.75 Å². The van der Waals surface area contributed by atoms with E-state index in [4.69, 9.17) is 9.47 Å². The SMILES string of the molecule is COc1cc(C)c(S(=O)(=O)N(C)CCOCC(=O)N(C)C2CCC(CN3CCCCC3)CC2)c(C)c1. The van der Waals surface area contributed by atoms with Gasteiger partial charge in [0.1, 0.15) is 12.4 Å². The largest absolute Gasteiger partial charge is 0.497 e. The van der Waals surface area contributed by atoms with E-state index < -0.39 is 10.0 Å². The fraction of sp³-hybridized carbons (Fsp3) is 0.741. The van der Waals surface area contributed by atoms with E-state index in [1.54, 1.807) is 33.1 Å². The van der Waals surface area contributed by atoms with Crippen LogP contribution in [0, 0.1) is 19.8 Å². The molecule has 0 radical (unpaired) electrons. The van der Waals surface area contributed by atoms with Crippen molar-refractivity contribution in [3.05, 3.63) is 23.3 Å². The fourth-order valence-electron chi connectivity index (χ4n) is 5.59. The molecule has 1 saturated heterocycles. The van der Waals surface area contributed by atoms with Gasteiger partial charge in [-0.1, -0.05) is 6.42 Å². The van der Waals surface area contributed by atoms with E-state index in [2.05, 4.69) is 4.90 Å². The standard InChI is InChI=1S/C27H45N3O5S/c1-21-17-25(34-5)18-22(2)27(21)36(32,33)28(3)15-16-35-20-26(31)29(4)24-11-9-23(10-12-24)19-30-13-7-6-8-14-30/h17-18,23-24H,6-16,19-20H2,1-5H3. The number of amides is 1. The lowest BCUT2D eigenvalue weighted by Crippen LogP contribution is -2.43. The van der Waals surface area contributed by atoms with Gasteiger partial charge in [-0.15, -0.1) is 0 Å². The number of piperidine rings is 1. The molecule has 2 aliphatic rings. The summed E-state index contributed by atoms with van der Waals surface area (Å²) in [6.07, 6.45) is 8.46. The number of ether oxygens (including phenoxy) is 2. The molecule has 0 atom stereocenters. The van der Waals surface area contributed by atoms with Crippen LogP contribution in [0.3, 0.4) is 0 Å². The predicted molar refractivity (Wildman–Crippen MR) is 142 cm³/mol. The van der Waals surface area contributed by atoms with Crippen molar-refractivity contribution < 1.29 is 22.7 Å². The lowest BCUT2D eigenvalue weighted by Gasteiger charge is -2.37. The highest BCUT2D eigenvalue weighted by Gasteiger charge is 2.28. The average molecular weight is 524 g/mol. The van der Waals surface area contributed by atoms with Crippen LogP contribution in [0.2, 0.25) is 0 Å². The Morgan fingerprint density at radius 2 is 1.64 bits per heavy atom. The molecule has 0 N–H and O–H groups in total. The topological polar surface area (TPSA) is 79.4 Å². The Bertz CT molecular complexity index is 947. The number of aryl methyl sites for hydroxylation is 2. The van der Waals surface area contributed by atoms with Crippen LogP contribution in [-0.4, -0.2) is 95.1 Å². The zero-order chi connectivity index (χ0) is 26.3. The number of sulfonamides is 1. The molecular weight excluding hydrogens is 478 g/mol. The first-order valence-corrected chi connectivity index (χ1v) is 14.7. The maximum absolute atomic E-state index is 13.1. The third-order valence-corrected chi connectivity index (χ3v) is 10.00. The summed E-state index contributed by atoms with van der Waals surface area (Å²) >= 11 is 0. The first-order valence-electron chi connectivity index (χ1n) is 13.3. The number of likely N-dealkylation sites (tertiary alicyclic amines) is 1. The number of hydrogen-bond donors (Lipinski definition) is 0. The van der Waals surface area contributed by atoms with Gasteiger partial charge in [0.15, 0.2) is 0 Å². The molecule has 1 aromatic rings. The summed E-state index contributed by atoms with van der Waals surface area (Å²) in [6.45, 7) is 7.53. The van der Waals surface area contributed by atoms with Gasteiger partial charge >= 0.3 is 0 Å². The molecule has 0 spiro atoms. The number of methoxy groups -OCH3 is 1. The van der Waals surface area contributed by atoms with Gasteiger partial charge in [0.05, 0.1) is 18.6 Å². The Kier molecular flexibility index (Phi) is 10.6. The Hall–Kier alpha value is -1.68. The maximum Gasteiger partial charge on any atom is 0.248 e. The van der Waals surface area contributed by atoms with E-state index in [1.165, 1.54) is 63.1 Å². The second-order valence-electron chi connectivity index (χ2n) is 10.5. The average Bonchev–Trinajstić information content (AvgIpc) is 2.86. The summed E-state index contributed by atoms with van der Waals surface area (Å²) in [7, 11) is 1.29. The third-order valence-electron chi connectivity index (χ3n) is 7.84. The zero-order valence-corrected chi connectivity index (χ0v) is 23.6. The van der Waals surface area contributed by atoms with E-state index in [1.807, 2.05) is 11.9 Å². The summed E-state index contributed by atoms with van der Waals surface area (Å²) in [6, 6.07) is 3.71. The molecule has 3 rings (SSSR count).